The third kappa shape index (κ3) is 8.21. The molecule has 0 aromatic rings. The van der Waals surface area contributed by atoms with Gasteiger partial charge in [-0.05, 0) is 6.92 Å². The zero-order chi connectivity index (χ0) is 13.1. The summed E-state index contributed by atoms with van der Waals surface area (Å²) >= 11 is 0. The zero-order valence-electron chi connectivity index (χ0n) is 10.3. The predicted molar refractivity (Wildman–Crippen MR) is 66.5 cm³/mol. The van der Waals surface area contributed by atoms with Crippen LogP contribution >= 0.6 is 0 Å². The van der Waals surface area contributed by atoms with Crippen LogP contribution in [0.25, 0.3) is 0 Å². The molecule has 0 aromatic heterocycles. The standard InChI is InChI=1S/C12H20N2O3/c1-4-7-13-11(15)9-14(8-5-2)10-12(16)17-6-3/h4-5H,1-2,6-10H2,3H3,(H,13,15). The van der Waals surface area contributed by atoms with Crippen LogP contribution in [-0.2, 0) is 14.3 Å². The van der Waals surface area contributed by atoms with E-state index in [0.29, 0.717) is 19.7 Å². The van der Waals surface area contributed by atoms with E-state index >= 15 is 0 Å². The van der Waals surface area contributed by atoms with E-state index in [9.17, 15) is 9.59 Å². The highest BCUT2D eigenvalue weighted by Crippen LogP contribution is 1.91. The van der Waals surface area contributed by atoms with Crippen LogP contribution in [0.3, 0.4) is 0 Å². The molecule has 0 saturated carbocycles. The van der Waals surface area contributed by atoms with Gasteiger partial charge in [0, 0.05) is 13.1 Å². The van der Waals surface area contributed by atoms with Crippen LogP contribution in [0.2, 0.25) is 0 Å². The van der Waals surface area contributed by atoms with Crippen molar-refractivity contribution >= 4 is 11.9 Å². The fraction of sp³-hybridized carbons (Fsp3) is 0.500. The van der Waals surface area contributed by atoms with Crippen molar-refractivity contribution in [2.24, 2.45) is 0 Å². The quantitative estimate of drug-likeness (QED) is 0.466. The number of carbonyl (C=O) groups is 2. The van der Waals surface area contributed by atoms with E-state index in [4.69, 9.17) is 4.74 Å². The summed E-state index contributed by atoms with van der Waals surface area (Å²) in [6.45, 7) is 10.3. The summed E-state index contributed by atoms with van der Waals surface area (Å²) < 4.78 is 4.82. The molecule has 0 bridgehead atoms. The Bertz CT molecular complexity index is 277. The summed E-state index contributed by atoms with van der Waals surface area (Å²) in [5.74, 6) is -0.498. The molecule has 5 heteroatoms. The van der Waals surface area contributed by atoms with E-state index in [1.807, 2.05) is 0 Å². The van der Waals surface area contributed by atoms with Crippen molar-refractivity contribution in [2.45, 2.75) is 6.92 Å². The predicted octanol–water partition coefficient (Wildman–Crippen LogP) is 0.340. The van der Waals surface area contributed by atoms with E-state index in [1.165, 1.54) is 0 Å². The van der Waals surface area contributed by atoms with Gasteiger partial charge in [0.1, 0.15) is 0 Å². The van der Waals surface area contributed by atoms with Gasteiger partial charge >= 0.3 is 5.97 Å². The van der Waals surface area contributed by atoms with E-state index in [0.717, 1.165) is 0 Å². The van der Waals surface area contributed by atoms with Crippen molar-refractivity contribution in [3.05, 3.63) is 25.3 Å². The fourth-order valence-corrected chi connectivity index (χ4v) is 1.20. The van der Waals surface area contributed by atoms with Gasteiger partial charge in [0.15, 0.2) is 0 Å². The fourth-order valence-electron chi connectivity index (χ4n) is 1.20. The van der Waals surface area contributed by atoms with Crippen molar-refractivity contribution in [1.82, 2.24) is 10.2 Å². The Morgan fingerprint density at radius 3 is 2.53 bits per heavy atom. The SMILES string of the molecule is C=CCNC(=O)CN(CC=C)CC(=O)OCC. The first-order valence-electron chi connectivity index (χ1n) is 5.50. The van der Waals surface area contributed by atoms with Crippen molar-refractivity contribution in [2.75, 3.05) is 32.8 Å². The van der Waals surface area contributed by atoms with E-state index < -0.39 is 0 Å². The van der Waals surface area contributed by atoms with Crippen LogP contribution in [0.4, 0.5) is 0 Å². The minimum atomic E-state index is -0.342. The molecular formula is C12H20N2O3. The summed E-state index contributed by atoms with van der Waals surface area (Å²) in [5.41, 5.74) is 0. The first-order chi connectivity index (χ1) is 8.13. The maximum atomic E-state index is 11.4. The van der Waals surface area contributed by atoms with Gasteiger partial charge in [0.25, 0.3) is 0 Å². The topological polar surface area (TPSA) is 58.6 Å². The highest BCUT2D eigenvalue weighted by Gasteiger charge is 2.13. The van der Waals surface area contributed by atoms with Crippen molar-refractivity contribution in [1.29, 1.82) is 0 Å². The maximum Gasteiger partial charge on any atom is 0.320 e. The summed E-state index contributed by atoms with van der Waals surface area (Å²) in [6, 6.07) is 0. The van der Waals surface area contributed by atoms with Gasteiger partial charge < -0.3 is 10.1 Å². The molecule has 0 aliphatic rings. The van der Waals surface area contributed by atoms with Crippen LogP contribution in [0.5, 0.6) is 0 Å². The lowest BCUT2D eigenvalue weighted by molar-refractivity contribution is -0.144. The lowest BCUT2D eigenvalue weighted by Gasteiger charge is -2.18. The normalized spacial score (nSPS) is 9.76. The molecule has 0 heterocycles. The smallest absolute Gasteiger partial charge is 0.320 e. The molecule has 1 N–H and O–H groups in total. The van der Waals surface area contributed by atoms with Gasteiger partial charge in [-0.15, -0.1) is 13.2 Å². The highest BCUT2D eigenvalue weighted by molar-refractivity contribution is 5.79. The van der Waals surface area contributed by atoms with Crippen LogP contribution in [-0.4, -0.2) is 49.6 Å². The minimum Gasteiger partial charge on any atom is -0.465 e. The van der Waals surface area contributed by atoms with Gasteiger partial charge in [-0.3, -0.25) is 14.5 Å². The van der Waals surface area contributed by atoms with Gasteiger partial charge in [0.05, 0.1) is 19.7 Å². The number of rotatable bonds is 9. The second-order valence-electron chi connectivity index (χ2n) is 3.36. The molecule has 0 radical (unpaired) electrons. The molecule has 0 atom stereocenters. The Balaban J connectivity index is 4.12. The van der Waals surface area contributed by atoms with E-state index in [1.54, 1.807) is 24.0 Å². The second-order valence-corrected chi connectivity index (χ2v) is 3.36. The number of nitrogens with one attached hydrogen (secondary N) is 1. The number of esters is 1. The number of nitrogens with zero attached hydrogens (tertiary/aromatic N) is 1. The molecule has 0 fully saturated rings. The first kappa shape index (κ1) is 15.4. The number of ether oxygens (including phenoxy) is 1. The van der Waals surface area contributed by atoms with Gasteiger partial charge in [0.2, 0.25) is 5.91 Å². The summed E-state index contributed by atoms with van der Waals surface area (Å²) in [7, 11) is 0. The minimum absolute atomic E-state index is 0.0847. The molecule has 0 aliphatic carbocycles. The Morgan fingerprint density at radius 2 is 2.00 bits per heavy atom. The molecule has 0 aromatic carbocycles. The summed E-state index contributed by atoms with van der Waals surface area (Å²) in [6.07, 6.45) is 3.24. The molecule has 96 valence electrons. The van der Waals surface area contributed by atoms with Crippen LogP contribution in [0, 0.1) is 0 Å². The molecule has 0 spiro atoms. The molecule has 0 aliphatic heterocycles. The van der Waals surface area contributed by atoms with E-state index in [-0.39, 0.29) is 25.0 Å². The third-order valence-electron chi connectivity index (χ3n) is 1.86. The van der Waals surface area contributed by atoms with Gasteiger partial charge in [-0.2, -0.15) is 0 Å². The van der Waals surface area contributed by atoms with Crippen molar-refractivity contribution < 1.29 is 14.3 Å². The maximum absolute atomic E-state index is 11.4. The average molecular weight is 240 g/mol. The summed E-state index contributed by atoms with van der Waals surface area (Å²) in [4.78, 5) is 24.4. The van der Waals surface area contributed by atoms with Crippen LogP contribution < -0.4 is 5.32 Å². The lowest BCUT2D eigenvalue weighted by atomic mass is 10.4. The average Bonchev–Trinajstić information content (AvgIpc) is 2.27. The largest absolute Gasteiger partial charge is 0.465 e. The number of carbonyl (C=O) groups excluding carboxylic acids is 2. The molecule has 0 saturated heterocycles. The summed E-state index contributed by atoms with van der Waals surface area (Å²) in [5, 5.41) is 2.64. The molecule has 17 heavy (non-hydrogen) atoms. The molecule has 0 unspecified atom stereocenters. The Kier molecular flexibility index (Phi) is 8.68. The molecule has 5 nitrogen and oxygen atoms in total. The number of hydrogen-bond donors (Lipinski definition) is 1. The number of amides is 1. The molecule has 0 rings (SSSR count). The highest BCUT2D eigenvalue weighted by atomic mass is 16.5. The second kappa shape index (κ2) is 9.59. The third-order valence-corrected chi connectivity index (χ3v) is 1.86. The monoisotopic (exact) mass is 240 g/mol. The van der Waals surface area contributed by atoms with E-state index in [2.05, 4.69) is 18.5 Å². The Labute approximate surface area is 102 Å². The first-order valence-corrected chi connectivity index (χ1v) is 5.50. The molecule has 1 amide bonds. The lowest BCUT2D eigenvalue weighted by Crippen LogP contribution is -2.40. The van der Waals surface area contributed by atoms with Gasteiger partial charge in [-0.1, -0.05) is 12.2 Å². The van der Waals surface area contributed by atoms with Crippen LogP contribution in [0.1, 0.15) is 6.92 Å². The Morgan fingerprint density at radius 1 is 1.29 bits per heavy atom. The van der Waals surface area contributed by atoms with Crippen LogP contribution in [0.15, 0.2) is 25.3 Å². The van der Waals surface area contributed by atoms with Crippen molar-refractivity contribution in [3.8, 4) is 0 Å². The molecular weight excluding hydrogens is 220 g/mol. The zero-order valence-corrected chi connectivity index (χ0v) is 10.3. The Hall–Kier alpha value is -1.62. The van der Waals surface area contributed by atoms with Crippen molar-refractivity contribution in [3.63, 3.8) is 0 Å². The number of hydrogen-bond acceptors (Lipinski definition) is 4. The van der Waals surface area contributed by atoms with Gasteiger partial charge in [-0.25, -0.2) is 0 Å².